The van der Waals surface area contributed by atoms with E-state index in [1.165, 1.54) is 24.3 Å². The van der Waals surface area contributed by atoms with Crippen molar-refractivity contribution in [3.05, 3.63) is 47.0 Å². The number of hydrogen-bond donors (Lipinski definition) is 2. The molecule has 2 rings (SSSR count). The molecular weight excluding hydrogens is 281 g/mol. The van der Waals surface area contributed by atoms with Crippen molar-refractivity contribution in [1.82, 2.24) is 0 Å². The van der Waals surface area contributed by atoms with E-state index >= 15 is 0 Å². The number of alkyl halides is 3. The molecule has 0 fully saturated rings. The quantitative estimate of drug-likeness (QED) is 0.762. The minimum Gasteiger partial charge on any atom is -0.508 e. The van der Waals surface area contributed by atoms with Crippen molar-refractivity contribution in [2.24, 2.45) is 0 Å². The predicted molar refractivity (Wildman–Crippen MR) is 65.2 cm³/mol. The Morgan fingerprint density at radius 1 is 0.947 bits per heavy atom. The van der Waals surface area contributed by atoms with Crippen LogP contribution in [-0.2, 0) is 6.18 Å². The van der Waals surface area contributed by atoms with Crippen LogP contribution in [0.25, 0.3) is 11.1 Å². The number of rotatable bonds is 1. The Labute approximate surface area is 111 Å². The van der Waals surface area contributed by atoms with Gasteiger partial charge in [0.05, 0.1) is 10.6 Å². The molecule has 0 aliphatic rings. The normalized spacial score (nSPS) is 11.6. The highest BCUT2D eigenvalue weighted by Crippen LogP contribution is 2.39. The minimum atomic E-state index is -4.58. The van der Waals surface area contributed by atoms with Crippen molar-refractivity contribution in [3.8, 4) is 22.6 Å². The van der Waals surface area contributed by atoms with Crippen LogP contribution in [0.5, 0.6) is 11.5 Å². The molecule has 0 heterocycles. The summed E-state index contributed by atoms with van der Waals surface area (Å²) in [6, 6.07) is 6.89. The highest BCUT2D eigenvalue weighted by Gasteiger charge is 2.33. The molecule has 0 aliphatic heterocycles. The lowest BCUT2D eigenvalue weighted by atomic mass is 10.0. The zero-order chi connectivity index (χ0) is 14.2. The van der Waals surface area contributed by atoms with E-state index in [0.717, 1.165) is 12.1 Å². The zero-order valence-corrected chi connectivity index (χ0v) is 10.1. The van der Waals surface area contributed by atoms with Gasteiger partial charge in [0.25, 0.3) is 0 Å². The molecule has 2 N–H and O–H groups in total. The summed E-state index contributed by atoms with van der Waals surface area (Å²) in [4.78, 5) is 0. The standard InChI is InChI=1S/C13H8ClF3O2/c14-11-3-1-7(5-10(11)13(15,16)17)9-6-8(18)2-4-12(9)19/h1-6,18-19H. The number of phenolic OH excluding ortho intramolecular Hbond substituents is 2. The molecule has 0 aliphatic carbocycles. The fourth-order valence-corrected chi connectivity index (χ4v) is 1.89. The summed E-state index contributed by atoms with van der Waals surface area (Å²) in [6.07, 6.45) is -4.58. The summed E-state index contributed by atoms with van der Waals surface area (Å²) in [5, 5.41) is 18.5. The maximum Gasteiger partial charge on any atom is 0.417 e. The van der Waals surface area contributed by atoms with Crippen molar-refractivity contribution in [2.45, 2.75) is 6.18 Å². The molecule has 2 nitrogen and oxygen atoms in total. The zero-order valence-electron chi connectivity index (χ0n) is 9.37. The maximum absolute atomic E-state index is 12.7. The van der Waals surface area contributed by atoms with Gasteiger partial charge in [-0.25, -0.2) is 0 Å². The minimum absolute atomic E-state index is 0.0992. The molecule has 0 spiro atoms. The van der Waals surface area contributed by atoms with Crippen molar-refractivity contribution < 1.29 is 23.4 Å². The van der Waals surface area contributed by atoms with Crippen LogP contribution in [0.2, 0.25) is 5.02 Å². The Morgan fingerprint density at radius 3 is 2.26 bits per heavy atom. The van der Waals surface area contributed by atoms with Crippen LogP contribution in [0.15, 0.2) is 36.4 Å². The SMILES string of the molecule is Oc1ccc(O)c(-c2ccc(Cl)c(C(F)(F)F)c2)c1. The second-order valence-corrected chi connectivity index (χ2v) is 4.30. The number of benzene rings is 2. The van der Waals surface area contributed by atoms with Gasteiger partial charge in [0.15, 0.2) is 0 Å². The van der Waals surface area contributed by atoms with Crippen LogP contribution in [0.3, 0.4) is 0 Å². The summed E-state index contributed by atoms with van der Waals surface area (Å²) < 4.78 is 38.2. The Hall–Kier alpha value is -1.88. The third-order valence-corrected chi connectivity index (χ3v) is 2.89. The van der Waals surface area contributed by atoms with Gasteiger partial charge in [-0.2, -0.15) is 13.2 Å². The van der Waals surface area contributed by atoms with E-state index in [4.69, 9.17) is 11.6 Å². The maximum atomic E-state index is 12.7. The Morgan fingerprint density at radius 2 is 1.63 bits per heavy atom. The number of phenols is 2. The molecule has 2 aromatic carbocycles. The molecule has 0 unspecified atom stereocenters. The summed E-state index contributed by atoms with van der Waals surface area (Å²) in [5.74, 6) is -0.385. The van der Waals surface area contributed by atoms with Gasteiger partial charge in [-0.1, -0.05) is 17.7 Å². The predicted octanol–water partition coefficient (Wildman–Crippen LogP) is 4.44. The monoisotopic (exact) mass is 288 g/mol. The smallest absolute Gasteiger partial charge is 0.417 e. The second kappa shape index (κ2) is 4.66. The first-order valence-corrected chi connectivity index (χ1v) is 5.56. The van der Waals surface area contributed by atoms with Gasteiger partial charge in [0.1, 0.15) is 11.5 Å². The van der Waals surface area contributed by atoms with Gasteiger partial charge in [-0.15, -0.1) is 0 Å². The topological polar surface area (TPSA) is 40.5 Å². The lowest BCUT2D eigenvalue weighted by molar-refractivity contribution is -0.137. The van der Waals surface area contributed by atoms with E-state index in [-0.39, 0.29) is 22.6 Å². The van der Waals surface area contributed by atoms with Crippen molar-refractivity contribution in [3.63, 3.8) is 0 Å². The molecule has 2 aromatic rings. The largest absolute Gasteiger partial charge is 0.508 e. The average Bonchev–Trinajstić information content (AvgIpc) is 2.31. The van der Waals surface area contributed by atoms with E-state index in [2.05, 4.69) is 0 Å². The van der Waals surface area contributed by atoms with E-state index in [1.54, 1.807) is 0 Å². The fraction of sp³-hybridized carbons (Fsp3) is 0.0769. The van der Waals surface area contributed by atoms with Gasteiger partial charge < -0.3 is 10.2 Å². The second-order valence-electron chi connectivity index (χ2n) is 3.89. The molecular formula is C13H8ClF3O2. The van der Waals surface area contributed by atoms with Crippen molar-refractivity contribution in [2.75, 3.05) is 0 Å². The number of aromatic hydroxyl groups is 2. The summed E-state index contributed by atoms with van der Waals surface area (Å²) in [7, 11) is 0. The van der Waals surface area contributed by atoms with Crippen LogP contribution in [0.1, 0.15) is 5.56 Å². The Balaban J connectivity index is 2.61. The number of hydrogen-bond acceptors (Lipinski definition) is 2. The number of halogens is 4. The molecule has 0 saturated carbocycles. The van der Waals surface area contributed by atoms with Gasteiger partial charge in [-0.05, 0) is 35.9 Å². The molecule has 0 amide bonds. The van der Waals surface area contributed by atoms with E-state index < -0.39 is 16.8 Å². The van der Waals surface area contributed by atoms with E-state index in [9.17, 15) is 23.4 Å². The lowest BCUT2D eigenvalue weighted by Crippen LogP contribution is -2.05. The highest BCUT2D eigenvalue weighted by atomic mass is 35.5. The Kier molecular flexibility index (Phi) is 3.32. The summed E-state index contributed by atoms with van der Waals surface area (Å²) in [5.41, 5.74) is -0.776. The van der Waals surface area contributed by atoms with Crippen molar-refractivity contribution in [1.29, 1.82) is 0 Å². The first-order valence-electron chi connectivity index (χ1n) is 5.18. The molecule has 100 valence electrons. The average molecular weight is 289 g/mol. The third-order valence-electron chi connectivity index (χ3n) is 2.56. The first-order chi connectivity index (χ1) is 8.79. The summed E-state index contributed by atoms with van der Waals surface area (Å²) in [6.45, 7) is 0. The summed E-state index contributed by atoms with van der Waals surface area (Å²) >= 11 is 5.51. The van der Waals surface area contributed by atoms with Crippen LogP contribution < -0.4 is 0 Å². The molecule has 0 aromatic heterocycles. The molecule has 6 heteroatoms. The van der Waals surface area contributed by atoms with E-state index in [0.29, 0.717) is 0 Å². The molecule has 0 bridgehead atoms. The first kappa shape index (κ1) is 13.5. The highest BCUT2D eigenvalue weighted by molar-refractivity contribution is 6.31. The third kappa shape index (κ3) is 2.76. The van der Waals surface area contributed by atoms with Gasteiger partial charge >= 0.3 is 6.18 Å². The van der Waals surface area contributed by atoms with Crippen LogP contribution in [0, 0.1) is 0 Å². The van der Waals surface area contributed by atoms with Crippen molar-refractivity contribution >= 4 is 11.6 Å². The van der Waals surface area contributed by atoms with Gasteiger partial charge in [-0.3, -0.25) is 0 Å². The van der Waals surface area contributed by atoms with E-state index in [1.807, 2.05) is 0 Å². The van der Waals surface area contributed by atoms with Crippen LogP contribution in [0.4, 0.5) is 13.2 Å². The van der Waals surface area contributed by atoms with Crippen LogP contribution in [-0.4, -0.2) is 10.2 Å². The Bertz CT molecular complexity index is 624. The molecule has 0 radical (unpaired) electrons. The molecule has 0 saturated heterocycles. The fourth-order valence-electron chi connectivity index (χ4n) is 1.67. The van der Waals surface area contributed by atoms with Gasteiger partial charge in [0, 0.05) is 5.56 Å². The van der Waals surface area contributed by atoms with Gasteiger partial charge in [0.2, 0.25) is 0 Å². The molecule has 19 heavy (non-hydrogen) atoms. The lowest BCUT2D eigenvalue weighted by Gasteiger charge is -2.12. The van der Waals surface area contributed by atoms with Crippen LogP contribution >= 0.6 is 11.6 Å². The molecule has 0 atom stereocenters.